The molecule has 0 aliphatic carbocycles. The fourth-order valence-electron chi connectivity index (χ4n) is 5.83. The van der Waals surface area contributed by atoms with Crippen LogP contribution in [0.4, 0.5) is 5.69 Å². The number of hydrogen-bond donors (Lipinski definition) is 3. The smallest absolute Gasteiger partial charge is 0.322 e. The number of carbonyl (C=O) groups excluding carboxylic acids is 2. The Bertz CT molecular complexity index is 1520. The number of carbonyl (C=O) groups is 2. The SMILES string of the molecule is CNc1ccccc1C(C)(C)CC(NCCNC(Cc1ccc2ccccc2c1)C(=O)N(C)Cc1ccccc1)C(=O)OC. The number of benzene rings is 4. The van der Waals surface area contributed by atoms with E-state index < -0.39 is 12.1 Å². The lowest BCUT2D eigenvalue weighted by atomic mass is 9.78. The van der Waals surface area contributed by atoms with Crippen molar-refractivity contribution in [3.63, 3.8) is 0 Å². The number of esters is 1. The molecule has 4 aromatic rings. The van der Waals surface area contributed by atoms with Gasteiger partial charge in [-0.25, -0.2) is 0 Å². The molecule has 4 aromatic carbocycles. The van der Waals surface area contributed by atoms with Crippen LogP contribution in [0, 0.1) is 0 Å². The highest BCUT2D eigenvalue weighted by Gasteiger charge is 2.31. The van der Waals surface area contributed by atoms with E-state index >= 15 is 0 Å². The van der Waals surface area contributed by atoms with Gasteiger partial charge in [-0.05, 0) is 51.8 Å². The minimum Gasteiger partial charge on any atom is -0.468 e. The summed E-state index contributed by atoms with van der Waals surface area (Å²) in [5.41, 5.74) is 4.05. The number of nitrogens with one attached hydrogen (secondary N) is 3. The molecule has 0 aliphatic rings. The number of nitrogens with zero attached hydrogens (tertiary/aromatic N) is 1. The summed E-state index contributed by atoms with van der Waals surface area (Å²) in [5.74, 6) is -0.275. The summed E-state index contributed by atoms with van der Waals surface area (Å²) in [4.78, 5) is 28.4. The normalized spacial score (nSPS) is 12.8. The maximum Gasteiger partial charge on any atom is 0.322 e. The van der Waals surface area contributed by atoms with Crippen molar-refractivity contribution in [2.45, 2.75) is 50.7 Å². The molecule has 0 heterocycles. The van der Waals surface area contributed by atoms with Crippen LogP contribution in [0.3, 0.4) is 0 Å². The van der Waals surface area contributed by atoms with Gasteiger partial charge in [-0.2, -0.15) is 0 Å². The molecule has 0 radical (unpaired) electrons. The van der Waals surface area contributed by atoms with Gasteiger partial charge in [0.25, 0.3) is 0 Å². The van der Waals surface area contributed by atoms with Crippen molar-refractivity contribution in [2.24, 2.45) is 0 Å². The van der Waals surface area contributed by atoms with Crippen LogP contribution in [-0.4, -0.2) is 63.2 Å². The van der Waals surface area contributed by atoms with Gasteiger partial charge in [-0.1, -0.05) is 105 Å². The number of hydrogen-bond acceptors (Lipinski definition) is 6. The minimum atomic E-state index is -0.503. The molecule has 0 saturated heterocycles. The van der Waals surface area contributed by atoms with Gasteiger partial charge in [0.15, 0.2) is 0 Å². The standard InChI is InChI=1S/C37H46N4O3/c1-37(2,31-17-11-12-18-32(31)38-3)25-34(36(43)44-5)40-22-21-39-33(35(42)41(4)26-27-13-7-6-8-14-27)24-28-19-20-29-15-9-10-16-30(29)23-28/h6-20,23,33-34,38-40H,21-22,24-26H2,1-5H3. The third kappa shape index (κ3) is 8.68. The molecule has 0 aromatic heterocycles. The Morgan fingerprint density at radius 2 is 1.43 bits per heavy atom. The second kappa shape index (κ2) is 15.5. The number of para-hydroxylation sites is 1. The first-order valence-electron chi connectivity index (χ1n) is 15.3. The first-order chi connectivity index (χ1) is 21.2. The monoisotopic (exact) mass is 594 g/mol. The van der Waals surface area contributed by atoms with Crippen molar-refractivity contribution in [2.75, 3.05) is 39.6 Å². The number of likely N-dealkylation sites (N-methyl/N-ethyl adjacent to an activating group) is 1. The molecule has 0 spiro atoms. The van der Waals surface area contributed by atoms with Crippen molar-refractivity contribution in [3.05, 3.63) is 114 Å². The third-order valence-corrected chi connectivity index (χ3v) is 8.22. The highest BCUT2D eigenvalue weighted by Crippen LogP contribution is 2.34. The van der Waals surface area contributed by atoms with Gasteiger partial charge in [-0.15, -0.1) is 0 Å². The second-order valence-corrected chi connectivity index (χ2v) is 12.0. The summed E-state index contributed by atoms with van der Waals surface area (Å²) >= 11 is 0. The average molecular weight is 595 g/mol. The largest absolute Gasteiger partial charge is 0.468 e. The van der Waals surface area contributed by atoms with E-state index in [1.807, 2.05) is 74.8 Å². The van der Waals surface area contributed by atoms with E-state index in [9.17, 15) is 9.59 Å². The summed E-state index contributed by atoms with van der Waals surface area (Å²) in [6.45, 7) is 5.80. The predicted molar refractivity (Wildman–Crippen MR) is 180 cm³/mol. The van der Waals surface area contributed by atoms with E-state index in [-0.39, 0.29) is 17.3 Å². The lowest BCUT2D eigenvalue weighted by Gasteiger charge is -2.31. The molecule has 0 fully saturated rings. The Labute approximate surface area is 262 Å². The lowest BCUT2D eigenvalue weighted by molar-refractivity contribution is -0.143. The summed E-state index contributed by atoms with van der Waals surface area (Å²) in [5, 5.41) is 12.5. The number of fused-ring (bicyclic) bond motifs is 1. The van der Waals surface area contributed by atoms with Gasteiger partial charge in [-0.3, -0.25) is 9.59 Å². The Kier molecular flexibility index (Phi) is 11.5. The summed E-state index contributed by atoms with van der Waals surface area (Å²) in [7, 11) is 5.18. The maximum atomic E-state index is 13.8. The van der Waals surface area contributed by atoms with Gasteiger partial charge in [0, 0.05) is 39.4 Å². The zero-order valence-corrected chi connectivity index (χ0v) is 26.6. The lowest BCUT2D eigenvalue weighted by Crippen LogP contribution is -2.49. The van der Waals surface area contributed by atoms with Crippen LogP contribution in [0.5, 0.6) is 0 Å². The summed E-state index contributed by atoms with van der Waals surface area (Å²) in [6, 6.07) is 31.8. The van der Waals surface area contributed by atoms with Crippen LogP contribution in [-0.2, 0) is 32.7 Å². The predicted octanol–water partition coefficient (Wildman–Crippen LogP) is 5.54. The summed E-state index contributed by atoms with van der Waals surface area (Å²) < 4.78 is 5.17. The Morgan fingerprint density at radius 3 is 2.14 bits per heavy atom. The first-order valence-corrected chi connectivity index (χ1v) is 15.3. The van der Waals surface area contributed by atoms with Gasteiger partial charge < -0.3 is 25.6 Å². The fraction of sp³-hybridized carbons (Fsp3) is 0.351. The molecule has 1 amide bonds. The third-order valence-electron chi connectivity index (χ3n) is 8.22. The van der Waals surface area contributed by atoms with Gasteiger partial charge in [0.2, 0.25) is 5.91 Å². The number of ether oxygens (including phenoxy) is 1. The van der Waals surface area contributed by atoms with Crippen molar-refractivity contribution in [1.29, 1.82) is 0 Å². The molecule has 0 aliphatic heterocycles. The quantitative estimate of drug-likeness (QED) is 0.124. The second-order valence-electron chi connectivity index (χ2n) is 12.0. The van der Waals surface area contributed by atoms with Crippen LogP contribution in [0.15, 0.2) is 97.1 Å². The van der Waals surface area contributed by atoms with Crippen molar-refractivity contribution < 1.29 is 14.3 Å². The molecule has 2 atom stereocenters. The number of anilines is 1. The van der Waals surface area contributed by atoms with E-state index in [1.165, 1.54) is 12.5 Å². The maximum absolute atomic E-state index is 13.8. The molecular weight excluding hydrogens is 548 g/mol. The minimum absolute atomic E-state index is 0.0244. The van der Waals surface area contributed by atoms with Gasteiger partial charge in [0.1, 0.15) is 6.04 Å². The molecule has 4 rings (SSSR count). The van der Waals surface area contributed by atoms with Crippen LogP contribution in [0.25, 0.3) is 10.8 Å². The molecule has 0 saturated carbocycles. The number of amides is 1. The van der Waals surface area contributed by atoms with Crippen molar-refractivity contribution in [3.8, 4) is 0 Å². The van der Waals surface area contributed by atoms with Gasteiger partial charge >= 0.3 is 5.97 Å². The van der Waals surface area contributed by atoms with E-state index in [4.69, 9.17) is 4.74 Å². The highest BCUT2D eigenvalue weighted by atomic mass is 16.5. The molecule has 232 valence electrons. The van der Waals surface area contributed by atoms with E-state index in [2.05, 4.69) is 66.2 Å². The number of rotatable bonds is 15. The fourth-order valence-corrected chi connectivity index (χ4v) is 5.83. The van der Waals surface area contributed by atoms with Crippen molar-refractivity contribution >= 4 is 28.3 Å². The molecule has 7 nitrogen and oxygen atoms in total. The van der Waals surface area contributed by atoms with Crippen LogP contribution in [0.1, 0.15) is 37.0 Å². The first kappa shape index (κ1) is 32.7. The molecule has 2 unspecified atom stereocenters. The van der Waals surface area contributed by atoms with E-state index in [0.717, 1.165) is 27.8 Å². The van der Waals surface area contributed by atoms with E-state index in [0.29, 0.717) is 32.5 Å². The highest BCUT2D eigenvalue weighted by molar-refractivity contribution is 5.84. The zero-order chi connectivity index (χ0) is 31.5. The molecule has 44 heavy (non-hydrogen) atoms. The molecule has 7 heteroatoms. The van der Waals surface area contributed by atoms with Crippen LogP contribution >= 0.6 is 0 Å². The van der Waals surface area contributed by atoms with Crippen molar-refractivity contribution in [1.82, 2.24) is 15.5 Å². The topological polar surface area (TPSA) is 82.7 Å². The Balaban J connectivity index is 1.45. The molecule has 3 N–H and O–H groups in total. The number of methoxy groups -OCH3 is 1. The zero-order valence-electron chi connectivity index (χ0n) is 26.6. The van der Waals surface area contributed by atoms with E-state index in [1.54, 1.807) is 4.90 Å². The molecular formula is C37H46N4O3. The summed E-state index contributed by atoms with van der Waals surface area (Å²) in [6.07, 6.45) is 1.11. The average Bonchev–Trinajstić information content (AvgIpc) is 3.05. The van der Waals surface area contributed by atoms with Gasteiger partial charge in [0.05, 0.1) is 13.2 Å². The Morgan fingerprint density at radius 1 is 0.795 bits per heavy atom. The Hall–Kier alpha value is -4.20. The molecule has 0 bridgehead atoms. The van der Waals surface area contributed by atoms with Crippen LogP contribution in [0.2, 0.25) is 0 Å². The van der Waals surface area contributed by atoms with Crippen LogP contribution < -0.4 is 16.0 Å².